The summed E-state index contributed by atoms with van der Waals surface area (Å²) in [6, 6.07) is 13.7. The van der Waals surface area contributed by atoms with Crippen molar-refractivity contribution in [3.05, 3.63) is 59.9 Å². The molecule has 0 aliphatic rings. The first-order valence-electron chi connectivity index (χ1n) is 8.61. The molecule has 2 aromatic rings. The van der Waals surface area contributed by atoms with Crippen LogP contribution in [0.5, 0.6) is 0 Å². The summed E-state index contributed by atoms with van der Waals surface area (Å²) in [6.07, 6.45) is 1.96. The minimum atomic E-state index is -0.300. The van der Waals surface area contributed by atoms with E-state index in [1.165, 1.54) is 12.1 Å². The van der Waals surface area contributed by atoms with E-state index in [0.29, 0.717) is 6.54 Å². The van der Waals surface area contributed by atoms with E-state index >= 15 is 0 Å². The average molecular weight is 391 g/mol. The number of nitrogens with zero attached hydrogens (tertiary/aromatic N) is 1. The van der Waals surface area contributed by atoms with Gasteiger partial charge in [-0.1, -0.05) is 24.3 Å². The van der Waals surface area contributed by atoms with Gasteiger partial charge in [-0.2, -0.15) is 0 Å². The maximum absolute atomic E-state index is 13.0. The average Bonchev–Trinajstić information content (AvgIpc) is 2.63. The highest BCUT2D eigenvalue weighted by Crippen LogP contribution is 2.24. The highest BCUT2D eigenvalue weighted by molar-refractivity contribution is 7.98. The fourth-order valence-electron chi connectivity index (χ4n) is 2.62. The summed E-state index contributed by atoms with van der Waals surface area (Å²) < 4.78 is 13.0. The molecule has 2 rings (SSSR count). The molecule has 7 heteroatoms. The number of amides is 2. The van der Waals surface area contributed by atoms with Crippen LogP contribution in [0.25, 0.3) is 0 Å². The Morgan fingerprint density at radius 1 is 1.11 bits per heavy atom. The van der Waals surface area contributed by atoms with E-state index in [1.807, 2.05) is 37.6 Å². The normalized spacial score (nSPS) is 11.7. The number of hydrogen-bond acceptors (Lipinski definition) is 3. The monoisotopic (exact) mass is 390 g/mol. The Morgan fingerprint density at radius 2 is 1.78 bits per heavy atom. The number of thioether (sulfide) groups is 1. The van der Waals surface area contributed by atoms with Crippen molar-refractivity contribution in [1.82, 2.24) is 4.90 Å². The largest absolute Gasteiger partial charge is 0.337 e. The summed E-state index contributed by atoms with van der Waals surface area (Å²) in [5.74, 6) is -0.511. The second-order valence-electron chi connectivity index (χ2n) is 6.44. The molecule has 0 bridgehead atoms. The lowest BCUT2D eigenvalue weighted by atomic mass is 10.2. The highest BCUT2D eigenvalue weighted by atomic mass is 32.2. The van der Waals surface area contributed by atoms with Gasteiger partial charge in [0.2, 0.25) is 0 Å². The smallest absolute Gasteiger partial charge is 0.279 e. The molecule has 0 aliphatic heterocycles. The maximum atomic E-state index is 13.0. The van der Waals surface area contributed by atoms with Crippen LogP contribution in [0.15, 0.2) is 53.4 Å². The number of nitrogens with one attached hydrogen (secondary N) is 2. The number of para-hydroxylation sites is 1. The number of anilines is 1. The molecular formula is C20H25FN3O2S+. The molecule has 2 amide bonds. The van der Waals surface area contributed by atoms with Crippen molar-refractivity contribution >= 4 is 29.3 Å². The van der Waals surface area contributed by atoms with Crippen LogP contribution in [-0.2, 0) is 16.1 Å². The number of carbonyl (C=O) groups is 2. The SMILES string of the molecule is CSc1ccccc1NC(=O)C[NH+](C)CC(=O)N(C)Cc1ccc(F)cc1. The van der Waals surface area contributed by atoms with E-state index in [1.54, 1.807) is 35.8 Å². The van der Waals surface area contributed by atoms with Crippen molar-refractivity contribution in [3.63, 3.8) is 0 Å². The third-order valence-corrected chi connectivity index (χ3v) is 4.85. The summed E-state index contributed by atoms with van der Waals surface area (Å²) in [5, 5.41) is 2.90. The first-order chi connectivity index (χ1) is 12.9. The fourth-order valence-corrected chi connectivity index (χ4v) is 3.18. The predicted octanol–water partition coefficient (Wildman–Crippen LogP) is 1.66. The van der Waals surface area contributed by atoms with Crippen molar-refractivity contribution in [1.29, 1.82) is 0 Å². The number of hydrogen-bond donors (Lipinski definition) is 2. The Hall–Kier alpha value is -2.38. The van der Waals surface area contributed by atoms with Crippen LogP contribution in [0.4, 0.5) is 10.1 Å². The molecule has 0 spiro atoms. The molecule has 0 radical (unpaired) electrons. The van der Waals surface area contributed by atoms with Gasteiger partial charge in [0.05, 0.1) is 12.7 Å². The molecule has 27 heavy (non-hydrogen) atoms. The zero-order valence-electron chi connectivity index (χ0n) is 15.8. The molecule has 1 atom stereocenters. The van der Waals surface area contributed by atoms with Crippen LogP contribution < -0.4 is 10.2 Å². The van der Waals surface area contributed by atoms with Crippen molar-refractivity contribution in [2.24, 2.45) is 0 Å². The molecule has 0 fully saturated rings. The van der Waals surface area contributed by atoms with Gasteiger partial charge in [-0.3, -0.25) is 9.59 Å². The van der Waals surface area contributed by atoms with Gasteiger partial charge in [-0.05, 0) is 36.1 Å². The lowest BCUT2D eigenvalue weighted by molar-refractivity contribution is -0.862. The number of likely N-dealkylation sites (N-methyl/N-ethyl adjacent to an activating group) is 2. The van der Waals surface area contributed by atoms with E-state index in [0.717, 1.165) is 21.0 Å². The van der Waals surface area contributed by atoms with Crippen LogP contribution in [0, 0.1) is 5.82 Å². The summed E-state index contributed by atoms with van der Waals surface area (Å²) in [7, 11) is 3.51. The molecule has 0 aromatic heterocycles. The quantitative estimate of drug-likeness (QED) is 0.674. The van der Waals surface area contributed by atoms with Gasteiger partial charge in [-0.25, -0.2) is 4.39 Å². The zero-order valence-corrected chi connectivity index (χ0v) is 16.6. The number of quaternary nitrogens is 1. The van der Waals surface area contributed by atoms with Crippen LogP contribution >= 0.6 is 11.8 Å². The predicted molar refractivity (Wildman–Crippen MR) is 106 cm³/mol. The van der Waals surface area contributed by atoms with Gasteiger partial charge in [0, 0.05) is 18.5 Å². The van der Waals surface area contributed by atoms with Gasteiger partial charge in [0.15, 0.2) is 13.1 Å². The lowest BCUT2D eigenvalue weighted by Gasteiger charge is -2.20. The van der Waals surface area contributed by atoms with Crippen LogP contribution in [-0.4, -0.2) is 50.2 Å². The number of benzene rings is 2. The van der Waals surface area contributed by atoms with Gasteiger partial charge in [-0.15, -0.1) is 11.8 Å². The highest BCUT2D eigenvalue weighted by Gasteiger charge is 2.18. The molecule has 0 heterocycles. The van der Waals surface area contributed by atoms with Crippen molar-refractivity contribution in [3.8, 4) is 0 Å². The number of halogens is 1. The molecule has 5 nitrogen and oxygen atoms in total. The Kier molecular flexibility index (Phi) is 7.82. The van der Waals surface area contributed by atoms with E-state index in [2.05, 4.69) is 5.32 Å². The Balaban J connectivity index is 1.83. The second-order valence-corrected chi connectivity index (χ2v) is 7.28. The minimum absolute atomic E-state index is 0.0749. The van der Waals surface area contributed by atoms with E-state index in [4.69, 9.17) is 0 Å². The summed E-state index contributed by atoms with van der Waals surface area (Å²) >= 11 is 1.57. The first kappa shape index (κ1) is 20.9. The molecular weight excluding hydrogens is 365 g/mol. The zero-order chi connectivity index (χ0) is 19.8. The molecule has 144 valence electrons. The van der Waals surface area contributed by atoms with Crippen LogP contribution in [0.3, 0.4) is 0 Å². The second kappa shape index (κ2) is 10.1. The number of carbonyl (C=O) groups excluding carboxylic acids is 2. The molecule has 0 saturated heterocycles. The van der Waals surface area contributed by atoms with Gasteiger partial charge < -0.3 is 15.1 Å². The minimum Gasteiger partial charge on any atom is -0.337 e. The molecule has 0 aliphatic carbocycles. The van der Waals surface area contributed by atoms with E-state index in [-0.39, 0.29) is 30.7 Å². The third-order valence-electron chi connectivity index (χ3n) is 4.06. The Bertz CT molecular complexity index is 783. The topological polar surface area (TPSA) is 53.9 Å². The fraction of sp³-hybridized carbons (Fsp3) is 0.300. The molecule has 2 aromatic carbocycles. The Labute approximate surface area is 163 Å². The first-order valence-corrected chi connectivity index (χ1v) is 9.84. The summed E-state index contributed by atoms with van der Waals surface area (Å²) in [6.45, 7) is 0.799. The summed E-state index contributed by atoms with van der Waals surface area (Å²) in [4.78, 5) is 28.0. The number of rotatable bonds is 8. The van der Waals surface area contributed by atoms with Gasteiger partial charge in [0.25, 0.3) is 11.8 Å². The van der Waals surface area contributed by atoms with E-state index < -0.39 is 0 Å². The summed E-state index contributed by atoms with van der Waals surface area (Å²) in [5.41, 5.74) is 1.64. The molecule has 2 N–H and O–H groups in total. The van der Waals surface area contributed by atoms with Crippen molar-refractivity contribution in [2.75, 3.05) is 38.8 Å². The van der Waals surface area contributed by atoms with Crippen molar-refractivity contribution < 1.29 is 18.9 Å². The standard InChI is InChI=1S/C20H24FN3O2S/c1-23(13-19(25)22-17-6-4-5-7-18(17)27-3)14-20(26)24(2)12-15-8-10-16(21)11-9-15/h4-11H,12-14H2,1-3H3,(H,22,25)/p+1. The van der Waals surface area contributed by atoms with Gasteiger partial charge >= 0.3 is 0 Å². The van der Waals surface area contributed by atoms with Crippen LogP contribution in [0.1, 0.15) is 5.56 Å². The Morgan fingerprint density at radius 3 is 2.44 bits per heavy atom. The van der Waals surface area contributed by atoms with Crippen molar-refractivity contribution in [2.45, 2.75) is 11.4 Å². The van der Waals surface area contributed by atoms with E-state index in [9.17, 15) is 14.0 Å². The van der Waals surface area contributed by atoms with Gasteiger partial charge in [0.1, 0.15) is 5.82 Å². The molecule has 1 unspecified atom stereocenters. The molecule has 0 saturated carbocycles. The maximum Gasteiger partial charge on any atom is 0.279 e. The lowest BCUT2D eigenvalue weighted by Crippen LogP contribution is -3.11. The third kappa shape index (κ3) is 6.69. The van der Waals surface area contributed by atoms with Crippen LogP contribution in [0.2, 0.25) is 0 Å².